The summed E-state index contributed by atoms with van der Waals surface area (Å²) in [4.78, 5) is 10.8. The molecule has 0 aliphatic carbocycles. The van der Waals surface area contributed by atoms with E-state index in [4.69, 9.17) is 0 Å². The maximum Gasteiger partial charge on any atom is 0.399 e. The van der Waals surface area contributed by atoms with Crippen molar-refractivity contribution in [3.05, 3.63) is 0 Å². The van der Waals surface area contributed by atoms with Crippen LogP contribution in [0.5, 0.6) is 0 Å². The highest BCUT2D eigenvalue weighted by atomic mass is 19.4. The Bertz CT molecular complexity index is 265. The summed E-state index contributed by atoms with van der Waals surface area (Å²) in [7, 11) is 0.920. The number of ether oxygens (including phenoxy) is 1. The Kier molecular flexibility index (Phi) is 2.90. The molecule has 0 amide bonds. The number of methoxy groups -OCH3 is 1. The molecular formula is C7H8F5NO2. The average molecular weight is 233 g/mol. The van der Waals surface area contributed by atoms with E-state index in [0.717, 1.165) is 7.11 Å². The molecule has 0 spiro atoms. The quantitative estimate of drug-likeness (QED) is 0.421. The highest BCUT2D eigenvalue weighted by molar-refractivity contribution is 5.76. The van der Waals surface area contributed by atoms with Gasteiger partial charge in [0.05, 0.1) is 7.11 Å². The fraction of sp³-hybridized carbons (Fsp3) is 0.857. The SMILES string of the molecule is COC(=O)[C@H]1CC(C(F)(F)F)C(F)(F)N1. The number of carbonyl (C=O) groups is 1. The van der Waals surface area contributed by atoms with Gasteiger partial charge in [-0.05, 0) is 6.42 Å². The van der Waals surface area contributed by atoms with Gasteiger partial charge in [0.1, 0.15) is 12.0 Å². The number of esters is 1. The maximum atomic E-state index is 12.8. The first-order chi connectivity index (χ1) is 6.68. The summed E-state index contributed by atoms with van der Waals surface area (Å²) in [5.74, 6) is -3.98. The maximum absolute atomic E-state index is 12.8. The second-order valence-corrected chi connectivity index (χ2v) is 3.17. The minimum absolute atomic E-state index is 0.920. The van der Waals surface area contributed by atoms with E-state index in [-0.39, 0.29) is 0 Å². The minimum Gasteiger partial charge on any atom is -0.468 e. The Morgan fingerprint density at radius 2 is 2.00 bits per heavy atom. The van der Waals surface area contributed by atoms with Gasteiger partial charge in [0.2, 0.25) is 0 Å². The first-order valence-electron chi connectivity index (χ1n) is 3.98. The fourth-order valence-electron chi connectivity index (χ4n) is 1.41. The smallest absolute Gasteiger partial charge is 0.399 e. The normalized spacial score (nSPS) is 30.3. The Labute approximate surface area is 81.6 Å². The van der Waals surface area contributed by atoms with Crippen LogP contribution in [-0.4, -0.2) is 31.3 Å². The Hall–Kier alpha value is -0.920. The number of carbonyl (C=O) groups excluding carboxylic acids is 1. The predicted octanol–water partition coefficient (Wildman–Crippen LogP) is 1.29. The number of halogens is 5. The zero-order chi connectivity index (χ0) is 11.9. The van der Waals surface area contributed by atoms with Crippen molar-refractivity contribution in [3.63, 3.8) is 0 Å². The van der Waals surface area contributed by atoms with Gasteiger partial charge in [-0.2, -0.15) is 22.0 Å². The van der Waals surface area contributed by atoms with Crippen LogP contribution in [-0.2, 0) is 9.53 Å². The van der Waals surface area contributed by atoms with Crippen LogP contribution in [0.15, 0.2) is 0 Å². The van der Waals surface area contributed by atoms with Gasteiger partial charge in [0.15, 0.2) is 0 Å². The van der Waals surface area contributed by atoms with Crippen LogP contribution in [0.4, 0.5) is 22.0 Å². The molecule has 1 aliphatic rings. The number of rotatable bonds is 1. The number of nitrogens with one attached hydrogen (secondary N) is 1. The van der Waals surface area contributed by atoms with Crippen LogP contribution in [0, 0.1) is 5.92 Å². The molecule has 1 N–H and O–H groups in total. The fourth-order valence-corrected chi connectivity index (χ4v) is 1.41. The third-order valence-electron chi connectivity index (χ3n) is 2.16. The van der Waals surface area contributed by atoms with E-state index >= 15 is 0 Å². The van der Waals surface area contributed by atoms with Gasteiger partial charge in [0, 0.05) is 0 Å². The van der Waals surface area contributed by atoms with Crippen LogP contribution in [0.3, 0.4) is 0 Å². The molecule has 1 rings (SSSR count). The number of hydrogen-bond acceptors (Lipinski definition) is 3. The Morgan fingerprint density at radius 3 is 2.33 bits per heavy atom. The minimum atomic E-state index is -5.04. The van der Waals surface area contributed by atoms with Gasteiger partial charge >= 0.3 is 18.2 Å². The van der Waals surface area contributed by atoms with Gasteiger partial charge in [-0.3, -0.25) is 4.79 Å². The van der Waals surface area contributed by atoms with Crippen LogP contribution in [0.1, 0.15) is 6.42 Å². The van der Waals surface area contributed by atoms with Crippen molar-refractivity contribution in [1.82, 2.24) is 5.32 Å². The zero-order valence-electron chi connectivity index (χ0n) is 7.57. The van der Waals surface area contributed by atoms with Crippen LogP contribution >= 0.6 is 0 Å². The van der Waals surface area contributed by atoms with E-state index in [1.54, 1.807) is 0 Å². The molecule has 0 radical (unpaired) electrons. The largest absolute Gasteiger partial charge is 0.468 e. The molecule has 0 saturated carbocycles. The lowest BCUT2D eigenvalue weighted by molar-refractivity contribution is -0.233. The molecule has 1 aliphatic heterocycles. The lowest BCUT2D eigenvalue weighted by Gasteiger charge is -2.20. The molecule has 0 aromatic carbocycles. The van der Waals surface area contributed by atoms with Gasteiger partial charge < -0.3 is 4.74 Å². The molecule has 0 aromatic heterocycles. The van der Waals surface area contributed by atoms with E-state index < -0.39 is 36.6 Å². The molecule has 1 unspecified atom stereocenters. The summed E-state index contributed by atoms with van der Waals surface area (Å²) >= 11 is 0. The molecule has 2 atom stereocenters. The van der Waals surface area contributed by atoms with Crippen molar-refractivity contribution in [2.45, 2.75) is 24.7 Å². The molecule has 0 aromatic rings. The summed E-state index contributed by atoms with van der Waals surface area (Å²) in [6.07, 6.45) is -6.05. The van der Waals surface area contributed by atoms with E-state index in [9.17, 15) is 26.7 Å². The molecule has 0 bridgehead atoms. The molecule has 88 valence electrons. The van der Waals surface area contributed by atoms with Gasteiger partial charge in [-0.25, -0.2) is 5.32 Å². The molecule has 1 saturated heterocycles. The van der Waals surface area contributed by atoms with Crippen molar-refractivity contribution in [2.75, 3.05) is 7.11 Å². The van der Waals surface area contributed by atoms with Crippen molar-refractivity contribution in [1.29, 1.82) is 0 Å². The molecular weight excluding hydrogens is 225 g/mol. The first-order valence-corrected chi connectivity index (χ1v) is 3.98. The van der Waals surface area contributed by atoms with Crippen LogP contribution < -0.4 is 5.32 Å². The van der Waals surface area contributed by atoms with E-state index in [1.807, 2.05) is 0 Å². The highest BCUT2D eigenvalue weighted by Crippen LogP contribution is 2.44. The van der Waals surface area contributed by atoms with E-state index in [1.165, 1.54) is 5.32 Å². The second-order valence-electron chi connectivity index (χ2n) is 3.17. The van der Waals surface area contributed by atoms with Crippen molar-refractivity contribution >= 4 is 5.97 Å². The first kappa shape index (κ1) is 12.2. The summed E-state index contributed by atoms with van der Waals surface area (Å²) < 4.78 is 66.1. The molecule has 3 nitrogen and oxygen atoms in total. The average Bonchev–Trinajstić information content (AvgIpc) is 2.39. The summed E-state index contributed by atoms with van der Waals surface area (Å²) in [6.45, 7) is 0. The third kappa shape index (κ3) is 2.36. The monoisotopic (exact) mass is 233 g/mol. The molecule has 8 heteroatoms. The van der Waals surface area contributed by atoms with Crippen molar-refractivity contribution in [3.8, 4) is 0 Å². The Balaban J connectivity index is 2.82. The lowest BCUT2D eigenvalue weighted by atomic mass is 10.0. The van der Waals surface area contributed by atoms with Gasteiger partial charge in [-0.15, -0.1) is 0 Å². The summed E-state index contributed by atoms with van der Waals surface area (Å²) in [5, 5.41) is 1.31. The number of hydrogen-bond donors (Lipinski definition) is 1. The molecule has 1 fully saturated rings. The zero-order valence-corrected chi connectivity index (χ0v) is 7.57. The standard InChI is InChI=1S/C7H8F5NO2/c1-15-5(14)3-2-4(6(8,9)10)7(11,12)13-3/h3-4,13H,2H2,1H3/t3-,4?/m1/s1. The second kappa shape index (κ2) is 3.58. The van der Waals surface area contributed by atoms with Gasteiger partial charge in [0.25, 0.3) is 0 Å². The molecule has 15 heavy (non-hydrogen) atoms. The number of alkyl halides is 5. The topological polar surface area (TPSA) is 38.3 Å². The lowest BCUT2D eigenvalue weighted by Crippen LogP contribution is -2.44. The summed E-state index contributed by atoms with van der Waals surface area (Å²) in [6, 6.07) is -5.74. The molecule has 1 heterocycles. The van der Waals surface area contributed by atoms with E-state index in [2.05, 4.69) is 4.74 Å². The van der Waals surface area contributed by atoms with Crippen molar-refractivity contribution in [2.24, 2.45) is 5.92 Å². The summed E-state index contributed by atoms with van der Waals surface area (Å²) in [5.41, 5.74) is 0. The van der Waals surface area contributed by atoms with Gasteiger partial charge in [-0.1, -0.05) is 0 Å². The Morgan fingerprint density at radius 1 is 1.47 bits per heavy atom. The highest BCUT2D eigenvalue weighted by Gasteiger charge is 2.62. The predicted molar refractivity (Wildman–Crippen MR) is 38.0 cm³/mol. The van der Waals surface area contributed by atoms with Crippen molar-refractivity contribution < 1.29 is 31.5 Å². The van der Waals surface area contributed by atoms with Crippen LogP contribution in [0.2, 0.25) is 0 Å². The third-order valence-corrected chi connectivity index (χ3v) is 2.16. The van der Waals surface area contributed by atoms with Crippen LogP contribution in [0.25, 0.3) is 0 Å². The van der Waals surface area contributed by atoms with E-state index in [0.29, 0.717) is 0 Å².